The average molecular weight is 291 g/mol. The van der Waals surface area contributed by atoms with E-state index < -0.39 is 0 Å². The summed E-state index contributed by atoms with van der Waals surface area (Å²) in [5.41, 5.74) is 2.22. The van der Waals surface area contributed by atoms with Crippen molar-refractivity contribution in [3.63, 3.8) is 0 Å². The number of aromatic nitrogens is 1. The zero-order valence-corrected chi connectivity index (χ0v) is 12.1. The fourth-order valence-electron chi connectivity index (χ4n) is 2.44. The fraction of sp³-hybridized carbons (Fsp3) is 0.0556. The highest BCUT2D eigenvalue weighted by Gasteiger charge is 2.05. The van der Waals surface area contributed by atoms with E-state index in [-0.39, 0.29) is 0 Å². The summed E-state index contributed by atoms with van der Waals surface area (Å²) in [4.78, 5) is 4.42. The second-order valence-electron chi connectivity index (χ2n) is 4.91. The second-order valence-corrected chi connectivity index (χ2v) is 5.82. The summed E-state index contributed by atoms with van der Waals surface area (Å²) < 4.78 is 7.21. The molecule has 0 aliphatic carbocycles. The Morgan fingerprint density at radius 1 is 1.00 bits per heavy atom. The normalized spacial score (nSPS) is 11.0. The van der Waals surface area contributed by atoms with E-state index in [2.05, 4.69) is 40.7 Å². The van der Waals surface area contributed by atoms with Crippen LogP contribution < -0.4 is 4.74 Å². The predicted molar refractivity (Wildman–Crippen MR) is 87.9 cm³/mol. The third-order valence-corrected chi connectivity index (χ3v) is 4.53. The van der Waals surface area contributed by atoms with Crippen LogP contribution in [0.5, 0.6) is 5.75 Å². The first-order valence-corrected chi connectivity index (χ1v) is 7.71. The van der Waals surface area contributed by atoms with Crippen molar-refractivity contribution in [1.29, 1.82) is 0 Å². The Balaban J connectivity index is 1.60. The molecule has 2 aromatic carbocycles. The molecule has 4 rings (SSSR count). The zero-order valence-electron chi connectivity index (χ0n) is 11.3. The highest BCUT2D eigenvalue weighted by atomic mass is 32.1. The smallest absolute Gasteiger partial charge is 0.138 e. The Hall–Kier alpha value is -2.39. The number of para-hydroxylation sites is 1. The lowest BCUT2D eigenvalue weighted by Crippen LogP contribution is -1.95. The SMILES string of the molecule is c1ccc2ncc(OCc3csc4ccccc34)cc2c1. The minimum atomic E-state index is 0.573. The minimum absolute atomic E-state index is 0.573. The molecular weight excluding hydrogens is 278 g/mol. The van der Waals surface area contributed by atoms with Crippen molar-refractivity contribution >= 4 is 32.3 Å². The molecule has 0 fully saturated rings. The van der Waals surface area contributed by atoms with Gasteiger partial charge in [0, 0.05) is 15.6 Å². The van der Waals surface area contributed by atoms with Crippen LogP contribution >= 0.6 is 11.3 Å². The van der Waals surface area contributed by atoms with Gasteiger partial charge in [-0.05, 0) is 29.0 Å². The molecule has 0 spiro atoms. The third-order valence-electron chi connectivity index (χ3n) is 3.52. The van der Waals surface area contributed by atoms with Crippen molar-refractivity contribution in [3.8, 4) is 5.75 Å². The van der Waals surface area contributed by atoms with Gasteiger partial charge in [-0.1, -0.05) is 36.4 Å². The van der Waals surface area contributed by atoms with Crippen molar-refractivity contribution in [2.45, 2.75) is 6.61 Å². The average Bonchev–Trinajstić information content (AvgIpc) is 2.96. The summed E-state index contributed by atoms with van der Waals surface area (Å²) in [6.45, 7) is 0.573. The van der Waals surface area contributed by atoms with Gasteiger partial charge in [0.25, 0.3) is 0 Å². The lowest BCUT2D eigenvalue weighted by molar-refractivity contribution is 0.307. The number of rotatable bonds is 3. The molecule has 102 valence electrons. The van der Waals surface area contributed by atoms with Crippen LogP contribution in [0.4, 0.5) is 0 Å². The van der Waals surface area contributed by atoms with Gasteiger partial charge >= 0.3 is 0 Å². The molecule has 0 bridgehead atoms. The van der Waals surface area contributed by atoms with Crippen molar-refractivity contribution < 1.29 is 4.74 Å². The van der Waals surface area contributed by atoms with E-state index in [0.717, 1.165) is 16.7 Å². The van der Waals surface area contributed by atoms with Crippen LogP contribution in [0.3, 0.4) is 0 Å². The lowest BCUT2D eigenvalue weighted by atomic mass is 10.2. The fourth-order valence-corrected chi connectivity index (χ4v) is 3.38. The van der Waals surface area contributed by atoms with E-state index in [1.165, 1.54) is 15.6 Å². The van der Waals surface area contributed by atoms with E-state index in [1.807, 2.05) is 24.3 Å². The first-order valence-electron chi connectivity index (χ1n) is 6.83. The van der Waals surface area contributed by atoms with E-state index in [1.54, 1.807) is 17.5 Å². The van der Waals surface area contributed by atoms with E-state index >= 15 is 0 Å². The third kappa shape index (κ3) is 2.36. The van der Waals surface area contributed by atoms with Gasteiger partial charge in [0.05, 0.1) is 11.7 Å². The second kappa shape index (κ2) is 5.19. The number of hydrogen-bond donors (Lipinski definition) is 0. The highest BCUT2D eigenvalue weighted by Crippen LogP contribution is 2.27. The van der Waals surface area contributed by atoms with Crippen LogP contribution in [0.1, 0.15) is 5.56 Å². The summed E-state index contributed by atoms with van der Waals surface area (Å²) >= 11 is 1.76. The Kier molecular flexibility index (Phi) is 3.05. The number of thiophene rings is 1. The number of benzene rings is 2. The number of pyridine rings is 1. The van der Waals surface area contributed by atoms with Gasteiger partial charge in [-0.15, -0.1) is 11.3 Å². The highest BCUT2D eigenvalue weighted by molar-refractivity contribution is 7.17. The number of fused-ring (bicyclic) bond motifs is 2. The number of nitrogens with zero attached hydrogens (tertiary/aromatic N) is 1. The summed E-state index contributed by atoms with van der Waals surface area (Å²) in [6, 6.07) is 18.5. The quantitative estimate of drug-likeness (QED) is 0.528. The predicted octanol–water partition coefficient (Wildman–Crippen LogP) is 5.03. The maximum atomic E-state index is 5.91. The standard InChI is InChI=1S/C18H13NOS/c1-3-7-17-13(5-1)9-15(10-19-17)20-11-14-12-21-18-8-4-2-6-16(14)18/h1-10,12H,11H2. The van der Waals surface area contributed by atoms with Crippen LogP contribution in [-0.2, 0) is 6.61 Å². The van der Waals surface area contributed by atoms with Crippen molar-refractivity contribution in [2.75, 3.05) is 0 Å². The van der Waals surface area contributed by atoms with Crippen molar-refractivity contribution in [1.82, 2.24) is 4.98 Å². The van der Waals surface area contributed by atoms with Crippen LogP contribution in [-0.4, -0.2) is 4.98 Å². The first kappa shape index (κ1) is 12.4. The molecular formula is C18H13NOS. The molecule has 3 heteroatoms. The molecule has 0 radical (unpaired) electrons. The van der Waals surface area contributed by atoms with Crippen LogP contribution in [0, 0.1) is 0 Å². The molecule has 0 unspecified atom stereocenters. The minimum Gasteiger partial charge on any atom is -0.487 e. The zero-order chi connectivity index (χ0) is 14.1. The molecule has 21 heavy (non-hydrogen) atoms. The molecule has 2 aromatic heterocycles. The van der Waals surface area contributed by atoms with Gasteiger partial charge in [0.1, 0.15) is 12.4 Å². The molecule has 0 aliphatic rings. The largest absolute Gasteiger partial charge is 0.487 e. The van der Waals surface area contributed by atoms with Gasteiger partial charge < -0.3 is 4.74 Å². The van der Waals surface area contributed by atoms with Gasteiger partial charge in [0.15, 0.2) is 0 Å². The van der Waals surface area contributed by atoms with Crippen molar-refractivity contribution in [3.05, 3.63) is 71.7 Å². The van der Waals surface area contributed by atoms with Gasteiger partial charge in [-0.25, -0.2) is 0 Å². The Morgan fingerprint density at radius 2 is 1.86 bits per heavy atom. The Labute approximate surface area is 126 Å². The Bertz CT molecular complexity index is 913. The van der Waals surface area contributed by atoms with Crippen molar-refractivity contribution in [2.24, 2.45) is 0 Å². The number of hydrogen-bond acceptors (Lipinski definition) is 3. The summed E-state index contributed by atoms with van der Waals surface area (Å²) in [5, 5.41) is 4.54. The maximum absolute atomic E-state index is 5.91. The summed E-state index contributed by atoms with van der Waals surface area (Å²) in [7, 11) is 0. The molecule has 0 amide bonds. The van der Waals surface area contributed by atoms with Gasteiger partial charge in [-0.3, -0.25) is 4.98 Å². The van der Waals surface area contributed by atoms with Crippen LogP contribution in [0.25, 0.3) is 21.0 Å². The maximum Gasteiger partial charge on any atom is 0.138 e. The molecule has 0 aliphatic heterocycles. The van der Waals surface area contributed by atoms with Crippen LogP contribution in [0.2, 0.25) is 0 Å². The van der Waals surface area contributed by atoms with E-state index in [9.17, 15) is 0 Å². The molecule has 2 nitrogen and oxygen atoms in total. The Morgan fingerprint density at radius 3 is 2.86 bits per heavy atom. The van der Waals surface area contributed by atoms with Gasteiger partial charge in [-0.2, -0.15) is 0 Å². The summed E-state index contributed by atoms with van der Waals surface area (Å²) in [6.07, 6.45) is 1.79. The topological polar surface area (TPSA) is 22.1 Å². The molecule has 0 saturated heterocycles. The molecule has 4 aromatic rings. The monoisotopic (exact) mass is 291 g/mol. The lowest BCUT2D eigenvalue weighted by Gasteiger charge is -2.06. The molecule has 0 saturated carbocycles. The molecule has 2 heterocycles. The summed E-state index contributed by atoms with van der Waals surface area (Å²) in [5.74, 6) is 0.809. The molecule has 0 N–H and O–H groups in total. The van der Waals surface area contributed by atoms with Gasteiger partial charge in [0.2, 0.25) is 0 Å². The first-order chi connectivity index (χ1) is 10.4. The van der Waals surface area contributed by atoms with E-state index in [0.29, 0.717) is 6.61 Å². The van der Waals surface area contributed by atoms with Crippen LogP contribution in [0.15, 0.2) is 66.2 Å². The molecule has 0 atom stereocenters. The van der Waals surface area contributed by atoms with E-state index in [4.69, 9.17) is 4.74 Å². The number of ether oxygens (including phenoxy) is 1.